The second kappa shape index (κ2) is 7.81. The van der Waals surface area contributed by atoms with Crippen molar-refractivity contribution in [1.82, 2.24) is 19.9 Å². The van der Waals surface area contributed by atoms with E-state index in [2.05, 4.69) is 29.1 Å². The minimum Gasteiger partial charge on any atom is -0.473 e. The maximum Gasteiger partial charge on any atom is 0.244 e. The highest BCUT2D eigenvalue weighted by Gasteiger charge is 2.68. The van der Waals surface area contributed by atoms with Crippen molar-refractivity contribution < 1.29 is 17.5 Å². The number of allylic oxidation sites excluding steroid dienone is 1. The van der Waals surface area contributed by atoms with Crippen LogP contribution in [0.15, 0.2) is 47.4 Å². The first kappa shape index (κ1) is 20.8. The van der Waals surface area contributed by atoms with Crippen LogP contribution in [-0.2, 0) is 10.0 Å². The van der Waals surface area contributed by atoms with Gasteiger partial charge in [0.05, 0.1) is 12.5 Å². The fourth-order valence-corrected chi connectivity index (χ4v) is 5.63. The van der Waals surface area contributed by atoms with Crippen LogP contribution in [0.4, 0.5) is 4.39 Å². The number of ether oxygens (including phenoxy) is 1. The smallest absolute Gasteiger partial charge is 0.244 e. The summed E-state index contributed by atoms with van der Waals surface area (Å²) in [6, 6.07) is 2.97. The molecular formula is C19H27FN4O3S. The van der Waals surface area contributed by atoms with Crippen LogP contribution in [0.5, 0.6) is 5.88 Å². The number of rotatable bonds is 9. The minimum absolute atomic E-state index is 0.0410. The average Bonchev–Trinajstić information content (AvgIpc) is 3.09. The predicted octanol–water partition coefficient (Wildman–Crippen LogP) is 1.52. The van der Waals surface area contributed by atoms with Gasteiger partial charge in [-0.2, -0.15) is 4.31 Å². The Balaban J connectivity index is 1.64. The van der Waals surface area contributed by atoms with E-state index in [0.29, 0.717) is 37.5 Å². The standard InChI is InChI=1S/C19H27FN4O3S/c1-13(22-4)18-16-10-24(12-19(16,18)2)28(25,26)15-5-6-17(23-9-15)27-11-14(7-20)8-21-3/h5-7,9,16,18,21-22H,1,8,10-12H2,2-4H3/b14-7+/t16-,18-,19-/m1/s1. The first-order valence-corrected chi connectivity index (χ1v) is 10.6. The fourth-order valence-electron chi connectivity index (χ4n) is 4.10. The van der Waals surface area contributed by atoms with Crippen molar-refractivity contribution in [3.63, 3.8) is 0 Å². The lowest BCUT2D eigenvalue weighted by molar-refractivity contribution is 0.332. The summed E-state index contributed by atoms with van der Waals surface area (Å²) in [6.45, 7) is 7.49. The Bertz CT molecular complexity index is 872. The van der Waals surface area contributed by atoms with Crippen molar-refractivity contribution in [2.45, 2.75) is 11.8 Å². The molecule has 3 rings (SSSR count). The van der Waals surface area contributed by atoms with Gasteiger partial charge in [-0.25, -0.2) is 17.8 Å². The van der Waals surface area contributed by atoms with E-state index in [-0.39, 0.29) is 28.7 Å². The Kier molecular flexibility index (Phi) is 5.79. The van der Waals surface area contributed by atoms with Crippen molar-refractivity contribution in [3.05, 3.63) is 42.5 Å². The van der Waals surface area contributed by atoms with E-state index in [1.165, 1.54) is 22.6 Å². The Morgan fingerprint density at radius 3 is 2.75 bits per heavy atom. The number of fused-ring (bicyclic) bond motifs is 1. The molecule has 0 amide bonds. The van der Waals surface area contributed by atoms with Gasteiger partial charge >= 0.3 is 0 Å². The van der Waals surface area contributed by atoms with Crippen LogP contribution in [0.1, 0.15) is 6.92 Å². The Labute approximate surface area is 165 Å². The molecule has 2 aliphatic rings. The highest BCUT2D eigenvalue weighted by molar-refractivity contribution is 7.89. The monoisotopic (exact) mass is 410 g/mol. The minimum atomic E-state index is -3.61. The molecule has 2 N–H and O–H groups in total. The number of likely N-dealkylation sites (N-methyl/N-ethyl adjacent to an activating group) is 1. The molecule has 0 aromatic carbocycles. The van der Waals surface area contributed by atoms with Gasteiger partial charge in [0.15, 0.2) is 0 Å². The molecule has 0 radical (unpaired) electrons. The van der Waals surface area contributed by atoms with E-state index in [0.717, 1.165) is 5.70 Å². The summed E-state index contributed by atoms with van der Waals surface area (Å²) in [5, 5.41) is 5.92. The highest BCUT2D eigenvalue weighted by atomic mass is 32.2. The van der Waals surface area contributed by atoms with Crippen LogP contribution in [-0.4, -0.2) is 58.0 Å². The van der Waals surface area contributed by atoms with Gasteiger partial charge in [0.25, 0.3) is 0 Å². The van der Waals surface area contributed by atoms with E-state index in [9.17, 15) is 12.8 Å². The summed E-state index contributed by atoms with van der Waals surface area (Å²) in [4.78, 5) is 4.19. The predicted molar refractivity (Wildman–Crippen MR) is 105 cm³/mol. The Hall–Kier alpha value is -1.97. The van der Waals surface area contributed by atoms with Gasteiger partial charge in [0.1, 0.15) is 11.5 Å². The summed E-state index contributed by atoms with van der Waals surface area (Å²) in [6.07, 6.45) is 1.78. The lowest BCUT2D eigenvalue weighted by Crippen LogP contribution is -2.34. The van der Waals surface area contributed by atoms with Crippen molar-refractivity contribution in [1.29, 1.82) is 0 Å². The molecule has 1 aromatic heterocycles. The van der Waals surface area contributed by atoms with Gasteiger partial charge in [-0.05, 0) is 24.4 Å². The van der Waals surface area contributed by atoms with Crippen LogP contribution in [0, 0.1) is 17.3 Å². The first-order valence-electron chi connectivity index (χ1n) is 9.16. The third-order valence-corrected chi connectivity index (χ3v) is 7.57. The number of nitrogens with zero attached hydrogens (tertiary/aromatic N) is 2. The van der Waals surface area contributed by atoms with Crippen molar-refractivity contribution >= 4 is 10.0 Å². The van der Waals surface area contributed by atoms with E-state index in [1.54, 1.807) is 7.05 Å². The van der Waals surface area contributed by atoms with Crippen molar-refractivity contribution in [3.8, 4) is 5.88 Å². The molecule has 28 heavy (non-hydrogen) atoms. The molecular weight excluding hydrogens is 383 g/mol. The van der Waals surface area contributed by atoms with E-state index < -0.39 is 10.0 Å². The van der Waals surface area contributed by atoms with Gasteiger partial charge in [-0.3, -0.25) is 0 Å². The molecule has 1 saturated carbocycles. The third-order valence-electron chi connectivity index (χ3n) is 5.78. The maximum atomic E-state index is 12.9. The molecule has 2 heterocycles. The number of nitrogens with one attached hydrogen (secondary N) is 2. The third kappa shape index (κ3) is 3.66. The lowest BCUT2D eigenvalue weighted by atomic mass is 10.1. The number of aromatic nitrogens is 1. The molecule has 2 fully saturated rings. The van der Waals surface area contributed by atoms with E-state index >= 15 is 0 Å². The van der Waals surface area contributed by atoms with Crippen LogP contribution >= 0.6 is 0 Å². The van der Waals surface area contributed by atoms with Crippen LogP contribution < -0.4 is 15.4 Å². The summed E-state index contributed by atoms with van der Waals surface area (Å²) in [5.74, 6) is 0.847. The average molecular weight is 411 g/mol. The van der Waals surface area contributed by atoms with E-state index in [1.807, 2.05) is 7.05 Å². The molecule has 154 valence electrons. The zero-order valence-corrected chi connectivity index (χ0v) is 17.2. The van der Waals surface area contributed by atoms with Crippen molar-refractivity contribution in [2.75, 3.05) is 40.3 Å². The summed E-state index contributed by atoms with van der Waals surface area (Å²) in [5.41, 5.74) is 1.34. The molecule has 7 nitrogen and oxygen atoms in total. The number of piperidine rings is 1. The molecule has 1 saturated heterocycles. The molecule has 1 aromatic rings. The molecule has 0 bridgehead atoms. The normalized spacial score (nSPS) is 27.4. The van der Waals surface area contributed by atoms with Crippen LogP contribution in [0.3, 0.4) is 0 Å². The SMILES string of the molecule is C=C(NC)[C@@H]1[C@H]2CN(S(=O)(=O)c3ccc(OC/C(=C/F)CNC)nc3)C[C@]21C. The number of hydrogen-bond donors (Lipinski definition) is 2. The molecule has 0 unspecified atom stereocenters. The zero-order chi connectivity index (χ0) is 20.5. The van der Waals surface area contributed by atoms with Crippen LogP contribution in [0.2, 0.25) is 0 Å². The number of sulfonamides is 1. The summed E-state index contributed by atoms with van der Waals surface area (Å²) < 4.78 is 45.5. The van der Waals surface area contributed by atoms with Gasteiger partial charge in [-0.15, -0.1) is 0 Å². The topological polar surface area (TPSA) is 83.6 Å². The number of hydrogen-bond acceptors (Lipinski definition) is 6. The first-order chi connectivity index (χ1) is 13.3. The molecule has 1 aliphatic carbocycles. The second-order valence-corrected chi connectivity index (χ2v) is 9.52. The van der Waals surface area contributed by atoms with Gasteiger partial charge in [0.2, 0.25) is 15.9 Å². The Morgan fingerprint density at radius 1 is 1.50 bits per heavy atom. The van der Waals surface area contributed by atoms with Crippen molar-refractivity contribution in [2.24, 2.45) is 17.3 Å². The fraction of sp³-hybridized carbons (Fsp3) is 0.526. The molecule has 1 aliphatic heterocycles. The maximum absolute atomic E-state index is 12.9. The zero-order valence-electron chi connectivity index (χ0n) is 16.4. The quantitative estimate of drug-likeness (QED) is 0.642. The number of pyridine rings is 1. The number of halogens is 1. The van der Waals surface area contributed by atoms with E-state index in [4.69, 9.17) is 4.74 Å². The molecule has 9 heteroatoms. The summed E-state index contributed by atoms with van der Waals surface area (Å²) >= 11 is 0. The second-order valence-electron chi connectivity index (χ2n) is 7.58. The van der Waals surface area contributed by atoms with Gasteiger partial charge < -0.3 is 15.4 Å². The Morgan fingerprint density at radius 2 is 2.25 bits per heavy atom. The van der Waals surface area contributed by atoms with Gasteiger partial charge in [-0.1, -0.05) is 13.5 Å². The molecule has 0 spiro atoms. The molecule has 3 atom stereocenters. The lowest BCUT2D eigenvalue weighted by Gasteiger charge is -2.22. The largest absolute Gasteiger partial charge is 0.473 e. The van der Waals surface area contributed by atoms with Crippen LogP contribution in [0.25, 0.3) is 0 Å². The highest BCUT2D eigenvalue weighted by Crippen LogP contribution is 2.65. The summed E-state index contributed by atoms with van der Waals surface area (Å²) in [7, 11) is -0.0615. The van der Waals surface area contributed by atoms with Gasteiger partial charge in [0, 0.05) is 49.9 Å².